The van der Waals surface area contributed by atoms with Gasteiger partial charge in [-0.3, -0.25) is 10.1 Å². The molecule has 4 nitrogen and oxygen atoms in total. The summed E-state index contributed by atoms with van der Waals surface area (Å²) in [4.78, 5) is 12.6. The van der Waals surface area contributed by atoms with Crippen LogP contribution in [0.4, 0.5) is 0 Å². The first-order valence-corrected chi connectivity index (χ1v) is 12.7. The van der Waals surface area contributed by atoms with E-state index in [0.29, 0.717) is 6.61 Å². The third-order valence-corrected chi connectivity index (χ3v) is 5.73. The van der Waals surface area contributed by atoms with Crippen LogP contribution >= 0.6 is 0 Å². The molecule has 0 aromatic carbocycles. The highest BCUT2D eigenvalue weighted by Gasteiger charge is 2.19. The topological polar surface area (TPSA) is 58.6 Å². The van der Waals surface area contributed by atoms with Crippen molar-refractivity contribution in [3.63, 3.8) is 0 Å². The van der Waals surface area contributed by atoms with E-state index in [1.807, 2.05) is 6.92 Å². The van der Waals surface area contributed by atoms with E-state index in [9.17, 15) is 9.90 Å². The van der Waals surface area contributed by atoms with E-state index in [-0.39, 0.29) is 18.1 Å². The van der Waals surface area contributed by atoms with Crippen LogP contribution in [-0.4, -0.2) is 30.5 Å². The highest BCUT2D eigenvalue weighted by Crippen LogP contribution is 2.20. The number of aliphatic hydroxyl groups is 1. The molecule has 0 rings (SSSR count). The molecule has 0 bridgehead atoms. The first kappa shape index (κ1) is 28.4. The second-order valence-corrected chi connectivity index (χ2v) is 8.56. The van der Waals surface area contributed by atoms with Crippen LogP contribution in [0.2, 0.25) is 0 Å². The van der Waals surface area contributed by atoms with Gasteiger partial charge in [-0.15, -0.1) is 0 Å². The third-order valence-electron chi connectivity index (χ3n) is 5.73. The number of aliphatic hydroxyl groups excluding tert-OH is 1. The first-order chi connectivity index (χ1) is 14.2. The molecular formula is C25H51NO3. The van der Waals surface area contributed by atoms with Crippen molar-refractivity contribution in [2.75, 3.05) is 13.2 Å². The molecule has 0 aliphatic rings. The van der Waals surface area contributed by atoms with Crippen LogP contribution in [0.5, 0.6) is 0 Å². The summed E-state index contributed by atoms with van der Waals surface area (Å²) in [5, 5.41) is 12.5. The van der Waals surface area contributed by atoms with Crippen molar-refractivity contribution in [3.8, 4) is 0 Å². The van der Waals surface area contributed by atoms with E-state index in [0.717, 1.165) is 64.3 Å². The van der Waals surface area contributed by atoms with Crippen LogP contribution in [-0.2, 0) is 9.53 Å². The van der Waals surface area contributed by atoms with E-state index in [2.05, 4.69) is 19.2 Å². The summed E-state index contributed by atoms with van der Waals surface area (Å²) in [5.74, 6) is 0.153. The summed E-state index contributed by atoms with van der Waals surface area (Å²) in [5.41, 5.74) is 0. The number of esters is 1. The standard InChI is InChI=1S/C25H51NO3/c1-4-7-9-11-12-16-20-23(19-15-10-8-5-2)25(28)29-22-18-14-13-17-21-26-24(27)6-3/h23-24,26-27H,4-22H2,1-3H3. The van der Waals surface area contributed by atoms with Gasteiger partial charge >= 0.3 is 5.97 Å². The Labute approximate surface area is 181 Å². The maximum absolute atomic E-state index is 12.6. The Hall–Kier alpha value is -0.610. The SMILES string of the molecule is CCCCCCCCC(CCCCCC)C(=O)OCCCCCCNC(O)CC. The van der Waals surface area contributed by atoms with Gasteiger partial charge in [0.05, 0.1) is 12.5 Å². The van der Waals surface area contributed by atoms with E-state index >= 15 is 0 Å². The zero-order valence-corrected chi connectivity index (χ0v) is 19.9. The molecule has 0 aliphatic carbocycles. The van der Waals surface area contributed by atoms with Gasteiger partial charge in [-0.2, -0.15) is 0 Å². The quantitative estimate of drug-likeness (QED) is 0.117. The maximum atomic E-state index is 12.6. The molecule has 29 heavy (non-hydrogen) atoms. The van der Waals surface area contributed by atoms with Gasteiger partial charge in [0.25, 0.3) is 0 Å². The van der Waals surface area contributed by atoms with E-state index in [4.69, 9.17) is 4.74 Å². The summed E-state index contributed by atoms with van der Waals surface area (Å²) in [6, 6.07) is 0. The smallest absolute Gasteiger partial charge is 0.308 e. The molecule has 4 heteroatoms. The molecule has 0 radical (unpaired) electrons. The molecule has 2 N–H and O–H groups in total. The number of rotatable bonds is 22. The van der Waals surface area contributed by atoms with Crippen molar-refractivity contribution < 1.29 is 14.6 Å². The lowest BCUT2D eigenvalue weighted by molar-refractivity contribution is -0.149. The Morgan fingerprint density at radius 3 is 1.90 bits per heavy atom. The highest BCUT2D eigenvalue weighted by molar-refractivity contribution is 5.72. The van der Waals surface area contributed by atoms with Gasteiger partial charge in [0.2, 0.25) is 0 Å². The van der Waals surface area contributed by atoms with Crippen molar-refractivity contribution in [1.29, 1.82) is 0 Å². The number of hydrogen-bond acceptors (Lipinski definition) is 4. The van der Waals surface area contributed by atoms with Crippen molar-refractivity contribution in [2.24, 2.45) is 5.92 Å². The molecule has 174 valence electrons. The second-order valence-electron chi connectivity index (χ2n) is 8.56. The lowest BCUT2D eigenvalue weighted by atomic mass is 9.94. The lowest BCUT2D eigenvalue weighted by Crippen LogP contribution is -2.28. The summed E-state index contributed by atoms with van der Waals surface area (Å²) < 4.78 is 5.62. The number of nitrogens with one attached hydrogen (secondary N) is 1. The maximum Gasteiger partial charge on any atom is 0.308 e. The van der Waals surface area contributed by atoms with E-state index in [1.165, 1.54) is 51.4 Å². The van der Waals surface area contributed by atoms with Gasteiger partial charge in [0.15, 0.2) is 0 Å². The molecule has 0 saturated heterocycles. The average Bonchev–Trinajstić information content (AvgIpc) is 2.73. The zero-order chi connectivity index (χ0) is 21.6. The molecule has 2 atom stereocenters. The van der Waals surface area contributed by atoms with E-state index < -0.39 is 0 Å². The minimum atomic E-state index is -0.378. The second kappa shape index (κ2) is 22.1. The van der Waals surface area contributed by atoms with Crippen molar-refractivity contribution in [3.05, 3.63) is 0 Å². The predicted molar refractivity (Wildman–Crippen MR) is 124 cm³/mol. The Kier molecular flexibility index (Phi) is 21.6. The van der Waals surface area contributed by atoms with Crippen molar-refractivity contribution in [1.82, 2.24) is 5.32 Å². The van der Waals surface area contributed by atoms with Gasteiger partial charge in [-0.1, -0.05) is 97.8 Å². The number of unbranched alkanes of at least 4 members (excludes halogenated alkanes) is 11. The minimum Gasteiger partial charge on any atom is -0.465 e. The molecule has 0 aromatic heterocycles. The Morgan fingerprint density at radius 1 is 0.759 bits per heavy atom. The normalized spacial score (nSPS) is 13.4. The fourth-order valence-electron chi connectivity index (χ4n) is 3.65. The molecule has 0 aliphatic heterocycles. The molecule has 0 amide bonds. The third kappa shape index (κ3) is 19.1. The van der Waals surface area contributed by atoms with Crippen LogP contribution in [0.3, 0.4) is 0 Å². The van der Waals surface area contributed by atoms with Crippen LogP contribution in [0.1, 0.15) is 130 Å². The van der Waals surface area contributed by atoms with Crippen LogP contribution < -0.4 is 5.32 Å². The number of carbonyl (C=O) groups excluding carboxylic acids is 1. The van der Waals surface area contributed by atoms with E-state index in [1.54, 1.807) is 0 Å². The zero-order valence-electron chi connectivity index (χ0n) is 19.9. The molecule has 0 heterocycles. The molecule has 2 unspecified atom stereocenters. The number of carbonyl (C=O) groups is 1. The molecule has 0 spiro atoms. The van der Waals surface area contributed by atoms with Gasteiger partial charge in [0.1, 0.15) is 6.23 Å². The van der Waals surface area contributed by atoms with Gasteiger partial charge in [-0.05, 0) is 38.6 Å². The van der Waals surface area contributed by atoms with Crippen LogP contribution in [0.15, 0.2) is 0 Å². The van der Waals surface area contributed by atoms with Crippen molar-refractivity contribution in [2.45, 2.75) is 136 Å². The number of ether oxygens (including phenoxy) is 1. The van der Waals surface area contributed by atoms with Crippen LogP contribution in [0.25, 0.3) is 0 Å². The lowest BCUT2D eigenvalue weighted by Gasteiger charge is -2.16. The fourth-order valence-corrected chi connectivity index (χ4v) is 3.65. The molecular weight excluding hydrogens is 362 g/mol. The molecule has 0 saturated carbocycles. The first-order valence-electron chi connectivity index (χ1n) is 12.7. The van der Waals surface area contributed by atoms with Gasteiger partial charge in [-0.25, -0.2) is 0 Å². The monoisotopic (exact) mass is 413 g/mol. The summed E-state index contributed by atoms with van der Waals surface area (Å²) >= 11 is 0. The fraction of sp³-hybridized carbons (Fsp3) is 0.960. The summed E-state index contributed by atoms with van der Waals surface area (Å²) in [7, 11) is 0. The molecule has 0 fully saturated rings. The Bertz CT molecular complexity index is 349. The summed E-state index contributed by atoms with van der Waals surface area (Å²) in [6.45, 7) is 7.86. The highest BCUT2D eigenvalue weighted by atomic mass is 16.5. The Balaban J connectivity index is 3.92. The van der Waals surface area contributed by atoms with Crippen LogP contribution in [0, 0.1) is 5.92 Å². The predicted octanol–water partition coefficient (Wildman–Crippen LogP) is 6.75. The molecule has 0 aromatic rings. The summed E-state index contributed by atoms with van der Waals surface area (Å²) in [6.07, 6.45) is 19.1. The Morgan fingerprint density at radius 2 is 1.28 bits per heavy atom. The van der Waals surface area contributed by atoms with Gasteiger partial charge < -0.3 is 9.84 Å². The average molecular weight is 414 g/mol. The van der Waals surface area contributed by atoms with Crippen molar-refractivity contribution >= 4 is 5.97 Å². The number of hydrogen-bond donors (Lipinski definition) is 2. The minimum absolute atomic E-state index is 0.0443. The van der Waals surface area contributed by atoms with Gasteiger partial charge in [0, 0.05) is 0 Å². The largest absolute Gasteiger partial charge is 0.465 e.